The van der Waals surface area contributed by atoms with Gasteiger partial charge in [0.2, 0.25) is 11.8 Å². The van der Waals surface area contributed by atoms with E-state index in [2.05, 4.69) is 10.6 Å². The van der Waals surface area contributed by atoms with Crippen molar-refractivity contribution in [1.82, 2.24) is 0 Å². The summed E-state index contributed by atoms with van der Waals surface area (Å²) in [4.78, 5) is 37.4. The summed E-state index contributed by atoms with van der Waals surface area (Å²) in [6.07, 6.45) is 1.02. The molecule has 2 amide bonds. The molecule has 2 N–H and O–H groups in total. The second kappa shape index (κ2) is 8.07. The van der Waals surface area contributed by atoms with Gasteiger partial charge in [-0.25, -0.2) is 4.79 Å². The van der Waals surface area contributed by atoms with Gasteiger partial charge in [-0.3, -0.25) is 9.59 Å². The molecule has 0 heterocycles. The maximum atomic E-state index is 12.9. The highest BCUT2D eigenvalue weighted by atomic mass is 16.5. The molecule has 0 spiro atoms. The Bertz CT molecular complexity index is 936. The van der Waals surface area contributed by atoms with Crippen LogP contribution in [0.3, 0.4) is 0 Å². The molecule has 2 aromatic carbocycles. The van der Waals surface area contributed by atoms with E-state index in [1.54, 1.807) is 31.2 Å². The first-order valence-corrected chi connectivity index (χ1v) is 9.75. The first-order valence-electron chi connectivity index (χ1n) is 9.75. The summed E-state index contributed by atoms with van der Waals surface area (Å²) >= 11 is 0. The van der Waals surface area contributed by atoms with Crippen LogP contribution in [0.4, 0.5) is 11.4 Å². The molecule has 0 saturated heterocycles. The number of aryl methyl sites for hydroxylation is 3. The van der Waals surface area contributed by atoms with Crippen LogP contribution < -0.4 is 10.6 Å². The highest BCUT2D eigenvalue weighted by molar-refractivity contribution is 6.17. The van der Waals surface area contributed by atoms with Gasteiger partial charge in [-0.15, -0.1) is 0 Å². The Labute approximate surface area is 170 Å². The van der Waals surface area contributed by atoms with Crippen molar-refractivity contribution in [3.8, 4) is 0 Å². The molecule has 1 saturated carbocycles. The normalized spacial score (nSPS) is 14.1. The van der Waals surface area contributed by atoms with E-state index in [1.807, 2.05) is 32.9 Å². The number of hydrogen-bond acceptors (Lipinski definition) is 4. The smallest absolute Gasteiger partial charge is 0.338 e. The van der Waals surface area contributed by atoms with Gasteiger partial charge in [0, 0.05) is 11.4 Å². The van der Waals surface area contributed by atoms with Gasteiger partial charge in [0.1, 0.15) is 5.41 Å². The van der Waals surface area contributed by atoms with Gasteiger partial charge in [-0.05, 0) is 75.9 Å². The monoisotopic (exact) mass is 394 g/mol. The summed E-state index contributed by atoms with van der Waals surface area (Å²) in [6.45, 7) is 7.94. The van der Waals surface area contributed by atoms with E-state index in [9.17, 15) is 14.4 Å². The third-order valence-corrected chi connectivity index (χ3v) is 5.19. The largest absolute Gasteiger partial charge is 0.462 e. The molecule has 29 heavy (non-hydrogen) atoms. The van der Waals surface area contributed by atoms with E-state index in [1.165, 1.54) is 0 Å². The molecule has 152 valence electrons. The van der Waals surface area contributed by atoms with Crippen LogP contribution in [0.25, 0.3) is 0 Å². The Hall–Kier alpha value is -3.15. The molecular weight excluding hydrogens is 368 g/mol. The van der Waals surface area contributed by atoms with Gasteiger partial charge in [0.25, 0.3) is 0 Å². The van der Waals surface area contributed by atoms with Crippen molar-refractivity contribution in [2.45, 2.75) is 40.5 Å². The zero-order valence-electron chi connectivity index (χ0n) is 17.2. The molecular formula is C23H26N2O4. The van der Waals surface area contributed by atoms with Crippen molar-refractivity contribution >= 4 is 29.2 Å². The second-order valence-electron chi connectivity index (χ2n) is 7.56. The highest BCUT2D eigenvalue weighted by Crippen LogP contribution is 2.47. The van der Waals surface area contributed by atoms with Gasteiger partial charge >= 0.3 is 5.97 Å². The van der Waals surface area contributed by atoms with E-state index < -0.39 is 11.4 Å². The summed E-state index contributed by atoms with van der Waals surface area (Å²) in [5, 5.41) is 5.75. The van der Waals surface area contributed by atoms with Crippen molar-refractivity contribution in [3.63, 3.8) is 0 Å². The highest BCUT2D eigenvalue weighted by Gasteiger charge is 2.56. The van der Waals surface area contributed by atoms with Gasteiger partial charge in [-0.2, -0.15) is 0 Å². The van der Waals surface area contributed by atoms with Gasteiger partial charge in [-0.1, -0.05) is 17.7 Å². The molecule has 3 rings (SSSR count). The van der Waals surface area contributed by atoms with Crippen LogP contribution in [0.2, 0.25) is 0 Å². The van der Waals surface area contributed by atoms with Gasteiger partial charge < -0.3 is 15.4 Å². The SMILES string of the molecule is CCOC(=O)c1ccc(NC(=O)C2(C(=O)Nc3c(C)cc(C)cc3C)CC2)cc1. The number of benzene rings is 2. The van der Waals surface area contributed by atoms with Crippen molar-refractivity contribution in [2.75, 3.05) is 17.2 Å². The molecule has 6 heteroatoms. The van der Waals surface area contributed by atoms with Crippen molar-refractivity contribution in [3.05, 3.63) is 58.7 Å². The molecule has 0 bridgehead atoms. The molecule has 0 unspecified atom stereocenters. The topological polar surface area (TPSA) is 84.5 Å². The number of anilines is 2. The van der Waals surface area contributed by atoms with Crippen LogP contribution in [-0.4, -0.2) is 24.4 Å². The molecule has 1 aliphatic carbocycles. The molecule has 0 atom stereocenters. The van der Waals surface area contributed by atoms with Crippen LogP contribution >= 0.6 is 0 Å². The van der Waals surface area contributed by atoms with Gasteiger partial charge in [0.15, 0.2) is 0 Å². The standard InChI is InChI=1S/C23H26N2O4/c1-5-29-20(26)17-6-8-18(9-7-17)24-21(27)23(10-11-23)22(28)25-19-15(3)12-14(2)13-16(19)4/h6-9,12-13H,5,10-11H2,1-4H3,(H,24,27)(H,25,28). The van der Waals surface area contributed by atoms with Crippen molar-refractivity contribution < 1.29 is 19.1 Å². The first kappa shape index (κ1) is 20.6. The number of hydrogen-bond donors (Lipinski definition) is 2. The van der Waals surface area contributed by atoms with Crippen LogP contribution in [-0.2, 0) is 14.3 Å². The summed E-state index contributed by atoms with van der Waals surface area (Å²) in [7, 11) is 0. The van der Waals surface area contributed by atoms with E-state index in [0.717, 1.165) is 22.4 Å². The molecule has 1 aliphatic rings. The number of amides is 2. The predicted octanol–water partition coefficient (Wildman–Crippen LogP) is 4.15. The molecule has 1 fully saturated rings. The molecule has 6 nitrogen and oxygen atoms in total. The van der Waals surface area contributed by atoms with E-state index in [4.69, 9.17) is 4.74 Å². The third kappa shape index (κ3) is 4.31. The Balaban J connectivity index is 1.69. The van der Waals surface area contributed by atoms with Crippen LogP contribution in [0.15, 0.2) is 36.4 Å². The molecule has 0 aliphatic heterocycles. The van der Waals surface area contributed by atoms with Crippen LogP contribution in [0.1, 0.15) is 46.8 Å². The lowest BCUT2D eigenvalue weighted by Gasteiger charge is -2.18. The number of ether oxygens (including phenoxy) is 1. The van der Waals surface area contributed by atoms with Crippen LogP contribution in [0, 0.1) is 26.2 Å². The summed E-state index contributed by atoms with van der Waals surface area (Å²) < 4.78 is 4.95. The van der Waals surface area contributed by atoms with Crippen molar-refractivity contribution in [1.29, 1.82) is 0 Å². The Morgan fingerprint density at radius 2 is 1.48 bits per heavy atom. The Morgan fingerprint density at radius 3 is 2.00 bits per heavy atom. The molecule has 2 aromatic rings. The molecule has 0 aromatic heterocycles. The first-order chi connectivity index (χ1) is 13.8. The van der Waals surface area contributed by atoms with E-state index >= 15 is 0 Å². The summed E-state index contributed by atoms with van der Waals surface area (Å²) in [5.41, 5.74) is 3.73. The van der Waals surface area contributed by atoms with Crippen LogP contribution in [0.5, 0.6) is 0 Å². The average Bonchev–Trinajstić information content (AvgIpc) is 3.47. The van der Waals surface area contributed by atoms with E-state index in [0.29, 0.717) is 30.7 Å². The average molecular weight is 394 g/mol. The Kier molecular flexibility index (Phi) is 5.73. The maximum Gasteiger partial charge on any atom is 0.338 e. The molecule has 0 radical (unpaired) electrons. The lowest BCUT2D eigenvalue weighted by Crippen LogP contribution is -2.36. The number of esters is 1. The van der Waals surface area contributed by atoms with Gasteiger partial charge in [0.05, 0.1) is 12.2 Å². The fraction of sp³-hybridized carbons (Fsp3) is 0.348. The number of nitrogens with one attached hydrogen (secondary N) is 2. The van der Waals surface area contributed by atoms with E-state index in [-0.39, 0.29) is 11.8 Å². The Morgan fingerprint density at radius 1 is 0.931 bits per heavy atom. The minimum absolute atomic E-state index is 0.284. The quantitative estimate of drug-likeness (QED) is 0.569. The summed E-state index contributed by atoms with van der Waals surface area (Å²) in [5.74, 6) is -1.03. The maximum absolute atomic E-state index is 12.9. The number of rotatable bonds is 6. The zero-order chi connectivity index (χ0) is 21.2. The minimum Gasteiger partial charge on any atom is -0.462 e. The third-order valence-electron chi connectivity index (χ3n) is 5.19. The lowest BCUT2D eigenvalue weighted by molar-refractivity contribution is -0.131. The van der Waals surface area contributed by atoms with Crippen molar-refractivity contribution in [2.24, 2.45) is 5.41 Å². The fourth-order valence-corrected chi connectivity index (χ4v) is 3.45. The predicted molar refractivity (Wildman–Crippen MR) is 112 cm³/mol. The second-order valence-corrected chi connectivity index (χ2v) is 7.56. The fourth-order valence-electron chi connectivity index (χ4n) is 3.45. The lowest BCUT2D eigenvalue weighted by atomic mass is 10.0. The summed E-state index contributed by atoms with van der Waals surface area (Å²) in [6, 6.07) is 10.5. The number of carbonyl (C=O) groups excluding carboxylic acids is 3. The zero-order valence-corrected chi connectivity index (χ0v) is 17.2. The minimum atomic E-state index is -1.05. The number of carbonyl (C=O) groups is 3.